The van der Waals surface area contributed by atoms with Crippen molar-refractivity contribution in [3.8, 4) is 6.07 Å². The van der Waals surface area contributed by atoms with Crippen LogP contribution in [0.3, 0.4) is 0 Å². The van der Waals surface area contributed by atoms with Crippen molar-refractivity contribution in [3.05, 3.63) is 23.5 Å². The van der Waals surface area contributed by atoms with Crippen LogP contribution < -0.4 is 5.73 Å². The van der Waals surface area contributed by atoms with Crippen LogP contribution in [0, 0.1) is 11.3 Å². The smallest absolute Gasteiger partial charge is 0.117 e. The van der Waals surface area contributed by atoms with Crippen molar-refractivity contribution in [1.82, 2.24) is 4.98 Å². The molecule has 0 aliphatic rings. The standard InChI is InChI=1S/C8H11N3/c1-2-8(10)6-3-7(4-9)11-5-6/h3,5,8,11H,2,10H2,1H3/t8-/m0/s1. The summed E-state index contributed by atoms with van der Waals surface area (Å²) >= 11 is 0. The van der Waals surface area contributed by atoms with E-state index in [1.54, 1.807) is 12.3 Å². The van der Waals surface area contributed by atoms with Gasteiger partial charge in [-0.3, -0.25) is 0 Å². The maximum Gasteiger partial charge on any atom is 0.117 e. The van der Waals surface area contributed by atoms with Gasteiger partial charge in [-0.2, -0.15) is 5.26 Å². The largest absolute Gasteiger partial charge is 0.353 e. The summed E-state index contributed by atoms with van der Waals surface area (Å²) in [6.07, 6.45) is 2.68. The zero-order valence-electron chi connectivity index (χ0n) is 6.46. The van der Waals surface area contributed by atoms with Crippen molar-refractivity contribution in [2.24, 2.45) is 5.73 Å². The highest BCUT2D eigenvalue weighted by Crippen LogP contribution is 2.13. The van der Waals surface area contributed by atoms with Gasteiger partial charge >= 0.3 is 0 Å². The van der Waals surface area contributed by atoms with Gasteiger partial charge in [0, 0.05) is 12.2 Å². The Morgan fingerprint density at radius 2 is 2.55 bits per heavy atom. The van der Waals surface area contributed by atoms with Crippen molar-refractivity contribution in [2.75, 3.05) is 0 Å². The summed E-state index contributed by atoms with van der Waals surface area (Å²) in [6, 6.07) is 3.85. The molecule has 0 aliphatic heterocycles. The van der Waals surface area contributed by atoms with Crippen molar-refractivity contribution in [1.29, 1.82) is 5.26 Å². The number of aromatic amines is 1. The third kappa shape index (κ3) is 1.60. The lowest BCUT2D eigenvalue weighted by Crippen LogP contribution is -2.06. The van der Waals surface area contributed by atoms with Crippen molar-refractivity contribution in [3.63, 3.8) is 0 Å². The molecule has 3 heteroatoms. The summed E-state index contributed by atoms with van der Waals surface area (Å²) in [7, 11) is 0. The van der Waals surface area contributed by atoms with Crippen molar-refractivity contribution < 1.29 is 0 Å². The molecule has 1 aromatic rings. The fourth-order valence-electron chi connectivity index (χ4n) is 0.925. The van der Waals surface area contributed by atoms with Crippen LogP contribution in [0.4, 0.5) is 0 Å². The van der Waals surface area contributed by atoms with Gasteiger partial charge in [-0.15, -0.1) is 0 Å². The lowest BCUT2D eigenvalue weighted by Gasteiger charge is -2.03. The molecule has 0 bridgehead atoms. The van der Waals surface area contributed by atoms with Crippen LogP contribution in [-0.4, -0.2) is 4.98 Å². The first-order valence-electron chi connectivity index (χ1n) is 3.62. The van der Waals surface area contributed by atoms with Crippen LogP contribution in [0.1, 0.15) is 30.6 Å². The summed E-state index contributed by atoms with van der Waals surface area (Å²) in [5, 5.41) is 8.48. The van der Waals surface area contributed by atoms with Crippen LogP contribution in [0.2, 0.25) is 0 Å². The Balaban J connectivity index is 2.82. The van der Waals surface area contributed by atoms with Gasteiger partial charge in [0.25, 0.3) is 0 Å². The molecule has 3 nitrogen and oxygen atoms in total. The summed E-state index contributed by atoms with van der Waals surface area (Å²) < 4.78 is 0. The summed E-state index contributed by atoms with van der Waals surface area (Å²) in [5.74, 6) is 0. The van der Waals surface area contributed by atoms with Gasteiger partial charge < -0.3 is 10.7 Å². The minimum atomic E-state index is 0.0494. The molecule has 1 atom stereocenters. The SMILES string of the molecule is CC[C@H](N)c1c[nH]c(C#N)c1. The van der Waals surface area contributed by atoms with E-state index >= 15 is 0 Å². The molecule has 58 valence electrons. The van der Waals surface area contributed by atoms with Gasteiger partial charge in [0.15, 0.2) is 0 Å². The van der Waals surface area contributed by atoms with Gasteiger partial charge in [0.2, 0.25) is 0 Å². The van der Waals surface area contributed by atoms with Gasteiger partial charge in [-0.05, 0) is 18.1 Å². The number of H-pyrrole nitrogens is 1. The number of nitrogens with one attached hydrogen (secondary N) is 1. The molecule has 0 aromatic carbocycles. The topological polar surface area (TPSA) is 65.6 Å². The predicted molar refractivity (Wildman–Crippen MR) is 42.7 cm³/mol. The van der Waals surface area contributed by atoms with E-state index in [0.717, 1.165) is 12.0 Å². The van der Waals surface area contributed by atoms with E-state index in [9.17, 15) is 0 Å². The highest BCUT2D eigenvalue weighted by Gasteiger charge is 2.04. The molecule has 0 aliphatic carbocycles. The molecular weight excluding hydrogens is 138 g/mol. The van der Waals surface area contributed by atoms with E-state index in [2.05, 4.69) is 4.98 Å². The first kappa shape index (κ1) is 7.83. The van der Waals surface area contributed by atoms with E-state index < -0.39 is 0 Å². The molecule has 0 amide bonds. The van der Waals surface area contributed by atoms with Crippen molar-refractivity contribution in [2.45, 2.75) is 19.4 Å². The van der Waals surface area contributed by atoms with Gasteiger partial charge in [0.05, 0.1) is 0 Å². The Labute approximate surface area is 65.8 Å². The Hall–Kier alpha value is -1.27. The predicted octanol–water partition coefficient (Wildman–Crippen LogP) is 1.30. The molecule has 0 unspecified atom stereocenters. The van der Waals surface area contributed by atoms with E-state index in [1.807, 2.05) is 13.0 Å². The summed E-state index contributed by atoms with van der Waals surface area (Å²) in [6.45, 7) is 2.02. The van der Waals surface area contributed by atoms with Gasteiger partial charge in [0.1, 0.15) is 11.8 Å². The quantitative estimate of drug-likeness (QED) is 0.665. The molecule has 0 spiro atoms. The average Bonchev–Trinajstić information content (AvgIpc) is 2.50. The number of aromatic nitrogens is 1. The summed E-state index contributed by atoms with van der Waals surface area (Å²) in [4.78, 5) is 2.83. The fourth-order valence-corrected chi connectivity index (χ4v) is 0.925. The first-order chi connectivity index (χ1) is 5.27. The van der Waals surface area contributed by atoms with Crippen LogP contribution in [-0.2, 0) is 0 Å². The van der Waals surface area contributed by atoms with E-state index in [0.29, 0.717) is 5.69 Å². The molecule has 0 saturated heterocycles. The number of nitrogens with two attached hydrogens (primary N) is 1. The third-order valence-corrected chi connectivity index (χ3v) is 1.69. The maximum atomic E-state index is 8.48. The zero-order chi connectivity index (χ0) is 8.27. The second kappa shape index (κ2) is 3.22. The van der Waals surface area contributed by atoms with E-state index in [4.69, 9.17) is 11.0 Å². The number of nitriles is 1. The van der Waals surface area contributed by atoms with Crippen molar-refractivity contribution >= 4 is 0 Å². The Kier molecular flexibility index (Phi) is 2.29. The van der Waals surface area contributed by atoms with Crippen LogP contribution >= 0.6 is 0 Å². The Morgan fingerprint density at radius 3 is 3.00 bits per heavy atom. The van der Waals surface area contributed by atoms with Gasteiger partial charge in [-0.1, -0.05) is 6.92 Å². The minimum absolute atomic E-state index is 0.0494. The minimum Gasteiger partial charge on any atom is -0.353 e. The number of nitrogens with zero attached hydrogens (tertiary/aromatic N) is 1. The number of hydrogen-bond donors (Lipinski definition) is 2. The van der Waals surface area contributed by atoms with E-state index in [-0.39, 0.29) is 6.04 Å². The fraction of sp³-hybridized carbons (Fsp3) is 0.375. The monoisotopic (exact) mass is 149 g/mol. The highest BCUT2D eigenvalue weighted by atomic mass is 14.7. The first-order valence-corrected chi connectivity index (χ1v) is 3.62. The molecule has 1 aromatic heterocycles. The molecule has 0 fully saturated rings. The summed E-state index contributed by atoms with van der Waals surface area (Å²) in [5.41, 5.74) is 7.31. The van der Waals surface area contributed by atoms with Crippen LogP contribution in [0.5, 0.6) is 0 Å². The highest BCUT2D eigenvalue weighted by molar-refractivity contribution is 5.28. The maximum absolute atomic E-state index is 8.48. The van der Waals surface area contributed by atoms with Crippen LogP contribution in [0.15, 0.2) is 12.3 Å². The lowest BCUT2D eigenvalue weighted by atomic mass is 10.1. The molecule has 0 saturated carbocycles. The zero-order valence-corrected chi connectivity index (χ0v) is 6.46. The Bertz CT molecular complexity index is 269. The Morgan fingerprint density at radius 1 is 1.82 bits per heavy atom. The van der Waals surface area contributed by atoms with Gasteiger partial charge in [-0.25, -0.2) is 0 Å². The third-order valence-electron chi connectivity index (χ3n) is 1.69. The number of rotatable bonds is 2. The molecule has 1 heterocycles. The second-order valence-electron chi connectivity index (χ2n) is 2.47. The molecular formula is C8H11N3. The van der Waals surface area contributed by atoms with E-state index in [1.165, 1.54) is 0 Å². The molecule has 1 rings (SSSR count). The second-order valence-corrected chi connectivity index (χ2v) is 2.47. The normalized spacial score (nSPS) is 12.5. The number of hydrogen-bond acceptors (Lipinski definition) is 2. The van der Waals surface area contributed by atoms with Crippen LogP contribution in [0.25, 0.3) is 0 Å². The molecule has 11 heavy (non-hydrogen) atoms. The molecule has 0 radical (unpaired) electrons. The lowest BCUT2D eigenvalue weighted by molar-refractivity contribution is 0.700. The average molecular weight is 149 g/mol. The molecule has 3 N–H and O–H groups in total.